The van der Waals surface area contributed by atoms with Crippen LogP contribution >= 0.6 is 34.0 Å². The van der Waals surface area contributed by atoms with Crippen LogP contribution in [-0.2, 0) is 28.4 Å². The zero-order chi connectivity index (χ0) is 91.5. The average molecular weight is 1870 g/mol. The van der Waals surface area contributed by atoms with Gasteiger partial charge in [-0.2, -0.15) is 0 Å². The quantitative estimate of drug-likeness (QED) is 0.0475. The van der Waals surface area contributed by atoms with Crippen molar-refractivity contribution in [3.63, 3.8) is 0 Å². The fraction of sp³-hybridized carbons (Fsp3) is 0.298. The number of ether oxygens (including phenoxy) is 9. The highest BCUT2D eigenvalue weighted by Crippen LogP contribution is 2.59. The first kappa shape index (κ1) is 84.2. The summed E-state index contributed by atoms with van der Waals surface area (Å²) in [5.74, 6) is -7.75. The van der Waals surface area contributed by atoms with E-state index in [9.17, 15) is 56.3 Å². The Labute approximate surface area is 761 Å². The highest BCUT2D eigenvalue weighted by Gasteiger charge is 2.61. The highest BCUT2D eigenvalue weighted by molar-refractivity contribution is 7.14. The average Bonchev–Trinajstić information content (AvgIpc) is 1.49. The van der Waals surface area contributed by atoms with Crippen molar-refractivity contribution in [2.75, 3.05) is 56.7 Å². The molecule has 0 N–H and O–H groups in total. The second-order valence-corrected chi connectivity index (χ2v) is 36.3. The Morgan fingerprint density at radius 2 is 0.654 bits per heavy atom. The Hall–Kier alpha value is -14.3. The van der Waals surface area contributed by atoms with Crippen molar-refractivity contribution >= 4 is 70.2 Å². The summed E-state index contributed by atoms with van der Waals surface area (Å²) in [6, 6.07) is 32.4. The van der Waals surface area contributed by atoms with Crippen molar-refractivity contribution in [2.24, 2.45) is 17.8 Å². The second kappa shape index (κ2) is 32.9. The number of hydrogen-bond donors (Lipinski definition) is 0. The van der Waals surface area contributed by atoms with Crippen LogP contribution in [-0.4, -0.2) is 158 Å². The van der Waals surface area contributed by atoms with Crippen molar-refractivity contribution in [3.8, 4) is 82.3 Å². The first-order valence-corrected chi connectivity index (χ1v) is 45.4. The van der Waals surface area contributed by atoms with Gasteiger partial charge in [-0.15, -0.1) is 34.0 Å². The van der Waals surface area contributed by atoms with Crippen LogP contribution in [0.25, 0.3) is 65.1 Å². The number of pyridine rings is 3. The summed E-state index contributed by atoms with van der Waals surface area (Å²) in [7, 11) is 3.41. The number of benzene rings is 6. The van der Waals surface area contributed by atoms with Gasteiger partial charge in [-0.05, 0) is 138 Å². The minimum atomic E-state index is -1.01. The van der Waals surface area contributed by atoms with Gasteiger partial charge in [0.2, 0.25) is 53.9 Å². The van der Waals surface area contributed by atoms with Crippen molar-refractivity contribution in [2.45, 2.75) is 119 Å². The SMILES string of the molecule is COC(=O)OCOc1c2n(ccc1=O)N(C1c3ccccc3-c3scnc3-c3c1ccc(F)c3F)C1C3CCC(C3)N1C2=O.COC(=O)OCOc1c2n(ccc1=O)N([C@@H]1c3ccccc3-c3scnc3-c3c1ccc(F)c3F)C1C3CCC(C3)N1C2=O.COC(=O)OCOc1c2n(ccc1=O)N([C@@H]1c3ccccc3-c3scnc3-c3c1ccc(F)c3F)C1C3CCC(CC3)N1C2=O. The molecule has 13 aliphatic rings. The Balaban J connectivity index is 0.000000116. The first-order valence-electron chi connectivity index (χ1n) is 42.8. The van der Waals surface area contributed by atoms with E-state index in [0.717, 1.165) is 137 Å². The number of piperidine rings is 4. The van der Waals surface area contributed by atoms with E-state index in [0.29, 0.717) is 48.4 Å². The Morgan fingerprint density at radius 1 is 0.361 bits per heavy atom. The molecule has 13 heterocycles. The Morgan fingerprint density at radius 3 is 0.977 bits per heavy atom. The van der Waals surface area contributed by atoms with Crippen molar-refractivity contribution < 1.29 is 97.7 Å². The summed E-state index contributed by atoms with van der Waals surface area (Å²) in [6.45, 7) is -1.98. The number of nitrogens with zero attached hydrogens (tertiary/aromatic N) is 12. The predicted octanol–water partition coefficient (Wildman–Crippen LogP) is 15.5. The number of fused-ring (bicyclic) bond motifs is 30. The van der Waals surface area contributed by atoms with Crippen LogP contribution in [0.4, 0.5) is 40.7 Å². The molecule has 39 heteroatoms. The van der Waals surface area contributed by atoms with Gasteiger partial charge in [0.05, 0.1) is 87.7 Å². The van der Waals surface area contributed by atoms with E-state index in [1.165, 1.54) is 70.8 Å². The molecule has 12 aromatic rings. The van der Waals surface area contributed by atoms with Gasteiger partial charge < -0.3 is 57.3 Å². The normalized spacial score (nSPS) is 22.4. The van der Waals surface area contributed by atoms with Crippen LogP contribution in [0, 0.1) is 52.7 Å². The summed E-state index contributed by atoms with van der Waals surface area (Å²) >= 11 is 4.02. The molecule has 25 rings (SSSR count). The van der Waals surface area contributed by atoms with Gasteiger partial charge in [0.15, 0.2) is 52.0 Å². The molecular formula is C94H74F6N12O18S3. The van der Waals surface area contributed by atoms with Gasteiger partial charge >= 0.3 is 18.5 Å². The van der Waals surface area contributed by atoms with E-state index in [1.54, 1.807) is 58.6 Å². The summed E-state index contributed by atoms with van der Waals surface area (Å²) in [4.78, 5) is 138. The van der Waals surface area contributed by atoms with Gasteiger partial charge in [-0.3, -0.25) is 57.8 Å². The molecule has 0 radical (unpaired) electrons. The molecule has 6 aromatic carbocycles. The number of amides is 3. The minimum absolute atomic E-state index is 0.0430. The molecule has 6 aliphatic carbocycles. The standard InChI is InChI=1S/C32H26F2N4O6S.2C31H24F2N4O6S/c1-42-32(41)44-15-43-28-22(39)12-13-36-27(28)31(40)37-17-8-6-16(7-9-17)30(37)38(36)26-18-4-2-3-5-19(18)29-25(35-14-45-29)23-20(26)10-11-21(33)24(23)34;2*1-41-31(40)43-14-42-27-21(38)10-11-35-26(27)30(39)36-16-7-6-15(12-16)29(36)37(35)25-17-4-2-3-5-18(17)28-24(34-13-44-28)22-19(25)8-9-20(32)23(22)33/h2-5,10-14,16-17,26,30H,6-9,15H2,1H3;2*2-5,8-11,13,15-16,25,29H,6-7,12,14H2,1H3/t16?,17?,26-,30?;15?,16?,25-,29?;/m11./s1. The van der Waals surface area contributed by atoms with E-state index in [-0.39, 0.29) is 92.8 Å². The van der Waals surface area contributed by atoms with E-state index in [1.807, 2.05) is 92.7 Å². The molecule has 6 bridgehead atoms. The molecule has 10 atom stereocenters. The maximum absolute atomic E-state index is 16.0. The Kier molecular flexibility index (Phi) is 20.8. The monoisotopic (exact) mass is 1870 g/mol. The summed E-state index contributed by atoms with van der Waals surface area (Å²) in [6.07, 6.45) is 8.43. The zero-order valence-electron chi connectivity index (χ0n) is 70.4. The molecular weight excluding hydrogens is 1800 g/mol. The summed E-state index contributed by atoms with van der Waals surface area (Å²) in [5.41, 5.74) is 10.5. The van der Waals surface area contributed by atoms with Crippen LogP contribution in [0.15, 0.2) is 177 Å². The maximum atomic E-state index is 16.0. The topological polar surface area (TPSA) is 310 Å². The molecule has 3 amide bonds. The van der Waals surface area contributed by atoms with Gasteiger partial charge in [0.25, 0.3) is 17.7 Å². The summed E-state index contributed by atoms with van der Waals surface area (Å²) < 4.78 is 142. The number of aromatic nitrogens is 6. The third-order valence-corrected chi connectivity index (χ3v) is 30.1. The van der Waals surface area contributed by atoms with Crippen LogP contribution in [0.3, 0.4) is 0 Å². The van der Waals surface area contributed by atoms with Gasteiger partial charge in [-0.1, -0.05) is 91.0 Å². The number of halogens is 6. The molecule has 3 saturated carbocycles. The largest absolute Gasteiger partial charge is 0.510 e. The molecule has 6 aromatic heterocycles. The predicted molar refractivity (Wildman–Crippen MR) is 466 cm³/mol. The molecule has 7 fully saturated rings. The molecule has 133 heavy (non-hydrogen) atoms. The molecule has 30 nitrogen and oxygen atoms in total. The zero-order valence-corrected chi connectivity index (χ0v) is 72.9. The minimum Gasteiger partial charge on any atom is -0.451 e. The lowest BCUT2D eigenvalue weighted by Crippen LogP contribution is -2.70. The van der Waals surface area contributed by atoms with Crippen molar-refractivity contribution in [3.05, 3.63) is 279 Å². The van der Waals surface area contributed by atoms with Gasteiger partial charge in [0, 0.05) is 83.4 Å². The van der Waals surface area contributed by atoms with Crippen LogP contribution in [0.5, 0.6) is 17.2 Å². The van der Waals surface area contributed by atoms with Crippen LogP contribution < -0.4 is 45.5 Å². The van der Waals surface area contributed by atoms with E-state index in [4.69, 9.17) is 28.4 Å². The fourth-order valence-electron chi connectivity index (χ4n) is 22.3. The smallest absolute Gasteiger partial charge is 0.451 e. The van der Waals surface area contributed by atoms with Gasteiger partial charge in [-0.25, -0.2) is 55.7 Å². The number of thiazole rings is 3. The molecule has 7 aliphatic heterocycles. The third-order valence-electron chi connectivity index (χ3n) is 27.5. The molecule has 0 spiro atoms. The first-order chi connectivity index (χ1) is 64.7. The third kappa shape index (κ3) is 13.1. The summed E-state index contributed by atoms with van der Waals surface area (Å²) in [5, 5.41) is 5.98. The second-order valence-electron chi connectivity index (χ2n) is 33.8. The van der Waals surface area contributed by atoms with E-state index in [2.05, 4.69) is 29.2 Å². The van der Waals surface area contributed by atoms with Gasteiger partial charge in [0.1, 0.15) is 18.5 Å². The number of rotatable bonds is 12. The lowest BCUT2D eigenvalue weighted by Gasteiger charge is -2.59. The number of methoxy groups -OCH3 is 3. The lowest BCUT2D eigenvalue weighted by molar-refractivity contribution is -0.0259. The fourth-order valence-corrected chi connectivity index (χ4v) is 24.9. The number of carbonyl (C=O) groups is 6. The van der Waals surface area contributed by atoms with E-state index < -0.39 is 138 Å². The molecule has 678 valence electrons. The number of hydrogen-bond acceptors (Lipinski definition) is 27. The van der Waals surface area contributed by atoms with Crippen LogP contribution in [0.2, 0.25) is 0 Å². The van der Waals surface area contributed by atoms with Crippen molar-refractivity contribution in [1.29, 1.82) is 0 Å². The molecule has 8 unspecified atom stereocenters. The highest BCUT2D eigenvalue weighted by atomic mass is 32.1. The maximum Gasteiger partial charge on any atom is 0.510 e. The lowest BCUT2D eigenvalue weighted by atomic mass is 9.76. The number of carbonyl (C=O) groups excluding carboxylic acids is 6. The Bertz CT molecular complexity index is 6830. The van der Waals surface area contributed by atoms with Crippen molar-refractivity contribution in [1.82, 2.24) is 43.7 Å². The molecule has 4 saturated heterocycles. The van der Waals surface area contributed by atoms with Crippen LogP contribution in [0.1, 0.15) is 147 Å². The van der Waals surface area contributed by atoms with E-state index >= 15 is 13.2 Å².